The van der Waals surface area contributed by atoms with Crippen LogP contribution in [0.5, 0.6) is 0 Å². The third kappa shape index (κ3) is 2.52. The van der Waals surface area contributed by atoms with Crippen molar-refractivity contribution in [2.75, 3.05) is 11.9 Å². The van der Waals surface area contributed by atoms with E-state index in [0.29, 0.717) is 24.6 Å². The molecule has 19 heavy (non-hydrogen) atoms. The van der Waals surface area contributed by atoms with Crippen LogP contribution in [0.3, 0.4) is 0 Å². The Labute approximate surface area is 115 Å². The highest BCUT2D eigenvalue weighted by molar-refractivity contribution is 7.90. The van der Waals surface area contributed by atoms with Crippen LogP contribution >= 0.6 is 11.3 Å². The zero-order valence-corrected chi connectivity index (χ0v) is 12.2. The van der Waals surface area contributed by atoms with Crippen LogP contribution in [0.15, 0.2) is 0 Å². The zero-order valence-electron chi connectivity index (χ0n) is 10.5. The molecule has 0 radical (unpaired) electrons. The van der Waals surface area contributed by atoms with E-state index in [-0.39, 0.29) is 11.2 Å². The van der Waals surface area contributed by atoms with Gasteiger partial charge >= 0.3 is 0 Å². The summed E-state index contributed by atoms with van der Waals surface area (Å²) in [5, 5.41) is 3.04. The molecule has 2 heterocycles. The second-order valence-corrected chi connectivity index (χ2v) is 8.19. The molecule has 2 aliphatic rings. The van der Waals surface area contributed by atoms with Gasteiger partial charge in [0.05, 0.1) is 10.9 Å². The van der Waals surface area contributed by atoms with E-state index in [1.165, 1.54) is 18.3 Å². The number of fused-ring (bicyclic) bond motifs is 1. The molecule has 1 aliphatic carbocycles. The molecule has 0 spiro atoms. The molecule has 1 aromatic rings. The monoisotopic (exact) mass is 301 g/mol. The zero-order chi connectivity index (χ0) is 13.6. The maximum Gasteiger partial charge on any atom is 0.223 e. The molecule has 1 fully saturated rings. The van der Waals surface area contributed by atoms with Gasteiger partial charge in [-0.25, -0.2) is 13.4 Å². The molecule has 0 unspecified atom stereocenters. The van der Waals surface area contributed by atoms with Crippen molar-refractivity contribution in [1.82, 2.24) is 9.29 Å². The lowest BCUT2D eigenvalue weighted by atomic mass is 10.2. The van der Waals surface area contributed by atoms with E-state index in [4.69, 9.17) is 0 Å². The average molecular weight is 301 g/mol. The lowest BCUT2D eigenvalue weighted by Gasteiger charge is -2.25. The van der Waals surface area contributed by atoms with Crippen molar-refractivity contribution in [1.29, 1.82) is 0 Å². The molecule has 1 N–H and O–H groups in total. The first-order valence-corrected chi connectivity index (χ1v) is 8.54. The van der Waals surface area contributed by atoms with Crippen LogP contribution in [-0.4, -0.2) is 35.4 Å². The van der Waals surface area contributed by atoms with Gasteiger partial charge in [0.15, 0.2) is 5.13 Å². The van der Waals surface area contributed by atoms with Gasteiger partial charge in [-0.15, -0.1) is 11.3 Å². The van der Waals surface area contributed by atoms with Gasteiger partial charge < -0.3 is 5.32 Å². The molecule has 6 nitrogen and oxygen atoms in total. The quantitative estimate of drug-likeness (QED) is 0.901. The number of anilines is 1. The van der Waals surface area contributed by atoms with Gasteiger partial charge in [0.2, 0.25) is 15.9 Å². The molecule has 1 amide bonds. The third-order valence-corrected chi connectivity index (χ3v) is 6.63. The number of sulfonamides is 1. The Bertz CT molecular complexity index is 619. The number of amides is 1. The van der Waals surface area contributed by atoms with Gasteiger partial charge in [-0.2, -0.15) is 4.31 Å². The van der Waals surface area contributed by atoms with E-state index < -0.39 is 10.0 Å². The standard InChI is InChI=1S/C11H15N3O3S2/c1-7(15)12-11-13-9-4-5-14(6-10(9)18-11)19(16,17)8-2-3-8/h8H,2-6H2,1H3,(H,12,13,15). The lowest BCUT2D eigenvalue weighted by molar-refractivity contribution is -0.114. The van der Waals surface area contributed by atoms with Gasteiger partial charge in [-0.05, 0) is 12.8 Å². The van der Waals surface area contributed by atoms with Crippen LogP contribution in [0.25, 0.3) is 0 Å². The fourth-order valence-electron chi connectivity index (χ4n) is 2.17. The summed E-state index contributed by atoms with van der Waals surface area (Å²) >= 11 is 1.37. The fraction of sp³-hybridized carbons (Fsp3) is 0.636. The third-order valence-electron chi connectivity index (χ3n) is 3.28. The first kappa shape index (κ1) is 13.0. The number of carbonyl (C=O) groups excluding carboxylic acids is 1. The van der Waals surface area contributed by atoms with Crippen molar-refractivity contribution in [3.8, 4) is 0 Å². The SMILES string of the molecule is CC(=O)Nc1nc2c(s1)CN(S(=O)(=O)C1CC1)CC2. The van der Waals surface area contributed by atoms with Crippen molar-refractivity contribution < 1.29 is 13.2 Å². The Morgan fingerprint density at radius 2 is 2.21 bits per heavy atom. The molecule has 0 aromatic carbocycles. The smallest absolute Gasteiger partial charge is 0.223 e. The Balaban J connectivity index is 1.80. The summed E-state index contributed by atoms with van der Waals surface area (Å²) in [4.78, 5) is 16.3. The highest BCUT2D eigenvalue weighted by Crippen LogP contribution is 2.35. The minimum absolute atomic E-state index is 0.159. The number of rotatable bonds is 3. The van der Waals surface area contributed by atoms with Gasteiger partial charge in [0.25, 0.3) is 0 Å². The van der Waals surface area contributed by atoms with E-state index in [1.807, 2.05) is 0 Å². The molecular weight excluding hydrogens is 286 g/mol. The first-order chi connectivity index (χ1) is 8.96. The Morgan fingerprint density at radius 1 is 1.47 bits per heavy atom. The van der Waals surface area contributed by atoms with E-state index in [1.54, 1.807) is 4.31 Å². The van der Waals surface area contributed by atoms with Gasteiger partial charge in [0, 0.05) is 31.3 Å². The van der Waals surface area contributed by atoms with Crippen LogP contribution < -0.4 is 5.32 Å². The van der Waals surface area contributed by atoms with Crippen LogP contribution in [0.2, 0.25) is 0 Å². The highest BCUT2D eigenvalue weighted by Gasteiger charge is 2.41. The second-order valence-electron chi connectivity index (χ2n) is 4.90. The highest BCUT2D eigenvalue weighted by atomic mass is 32.2. The van der Waals surface area contributed by atoms with Gasteiger partial charge in [0.1, 0.15) is 0 Å². The summed E-state index contributed by atoms with van der Waals surface area (Å²) < 4.78 is 25.9. The maximum atomic E-state index is 12.2. The van der Waals surface area contributed by atoms with Crippen molar-refractivity contribution in [2.24, 2.45) is 0 Å². The number of carbonyl (C=O) groups is 1. The average Bonchev–Trinajstić information content (AvgIpc) is 3.09. The predicted molar refractivity (Wildman–Crippen MR) is 72.5 cm³/mol. The molecule has 8 heteroatoms. The Hall–Kier alpha value is -0.990. The second kappa shape index (κ2) is 4.53. The summed E-state index contributed by atoms with van der Waals surface area (Å²) in [6.45, 7) is 2.32. The summed E-state index contributed by atoms with van der Waals surface area (Å²) in [5.74, 6) is -0.159. The molecule has 1 aliphatic heterocycles. The maximum absolute atomic E-state index is 12.2. The molecule has 1 saturated carbocycles. The van der Waals surface area contributed by atoms with Crippen LogP contribution in [0.4, 0.5) is 5.13 Å². The molecule has 0 bridgehead atoms. The van der Waals surface area contributed by atoms with E-state index >= 15 is 0 Å². The summed E-state index contributed by atoms with van der Waals surface area (Å²) in [7, 11) is -3.12. The predicted octanol–water partition coefficient (Wildman–Crippen LogP) is 0.952. The molecule has 0 atom stereocenters. The van der Waals surface area contributed by atoms with Crippen molar-refractivity contribution in [2.45, 2.75) is 38.0 Å². The normalized spacial score (nSPS) is 20.1. The number of nitrogens with one attached hydrogen (secondary N) is 1. The topological polar surface area (TPSA) is 79.4 Å². The number of thiazole rings is 1. The number of aromatic nitrogens is 1. The Morgan fingerprint density at radius 3 is 2.84 bits per heavy atom. The van der Waals surface area contributed by atoms with Crippen LogP contribution in [0.1, 0.15) is 30.3 Å². The molecule has 3 rings (SSSR count). The number of hydrogen-bond acceptors (Lipinski definition) is 5. The molecule has 0 saturated heterocycles. The van der Waals surface area contributed by atoms with Gasteiger partial charge in [-0.3, -0.25) is 4.79 Å². The summed E-state index contributed by atoms with van der Waals surface area (Å²) in [6, 6.07) is 0. The lowest BCUT2D eigenvalue weighted by Crippen LogP contribution is -2.37. The number of hydrogen-bond donors (Lipinski definition) is 1. The van der Waals surface area contributed by atoms with Crippen molar-refractivity contribution in [3.63, 3.8) is 0 Å². The summed E-state index contributed by atoms with van der Waals surface area (Å²) in [6.07, 6.45) is 2.19. The van der Waals surface area contributed by atoms with E-state index in [0.717, 1.165) is 23.4 Å². The summed E-state index contributed by atoms with van der Waals surface area (Å²) in [5.41, 5.74) is 0.913. The first-order valence-electron chi connectivity index (χ1n) is 6.22. The van der Waals surface area contributed by atoms with Crippen molar-refractivity contribution >= 4 is 32.4 Å². The fourth-order valence-corrected chi connectivity index (χ4v) is 5.13. The number of nitrogens with zero attached hydrogens (tertiary/aromatic N) is 2. The minimum atomic E-state index is -3.12. The van der Waals surface area contributed by atoms with E-state index in [9.17, 15) is 13.2 Å². The molecule has 1 aromatic heterocycles. The minimum Gasteiger partial charge on any atom is -0.302 e. The molecular formula is C11H15N3O3S2. The van der Waals surface area contributed by atoms with Crippen LogP contribution in [0, 0.1) is 0 Å². The van der Waals surface area contributed by atoms with Crippen molar-refractivity contribution in [3.05, 3.63) is 10.6 Å². The Kier molecular flexibility index (Phi) is 3.11. The van der Waals surface area contributed by atoms with Crippen LogP contribution in [-0.2, 0) is 27.8 Å². The van der Waals surface area contributed by atoms with Gasteiger partial charge in [-0.1, -0.05) is 0 Å². The molecule has 104 valence electrons. The largest absolute Gasteiger partial charge is 0.302 e. The van der Waals surface area contributed by atoms with E-state index in [2.05, 4.69) is 10.3 Å².